The van der Waals surface area contributed by atoms with Crippen molar-refractivity contribution in [2.45, 2.75) is 90.5 Å². The van der Waals surface area contributed by atoms with E-state index < -0.39 is 23.9 Å². The number of nitrogens with two attached hydrogens (primary N) is 1. The quantitative estimate of drug-likeness (QED) is 0.0832. The van der Waals surface area contributed by atoms with Crippen LogP contribution in [-0.4, -0.2) is 46.3 Å². The Balaban J connectivity index is 5.09. The number of aliphatic carboxylic acids is 2. The first-order chi connectivity index (χ1) is 16.2. The molecule has 0 saturated carbocycles. The third-order valence-corrected chi connectivity index (χ3v) is 5.35. The average molecular weight is 479 g/mol. The summed E-state index contributed by atoms with van der Waals surface area (Å²) in [6.07, 6.45) is 15.6. The monoisotopic (exact) mass is 478 g/mol. The van der Waals surface area contributed by atoms with Crippen molar-refractivity contribution in [3.05, 3.63) is 36.1 Å². The molecule has 0 aromatic heterocycles. The number of nitrogens with one attached hydrogen (secondary N) is 1. The molecule has 5 N–H and O–H groups in total. The molecule has 8 nitrogen and oxygen atoms in total. The van der Waals surface area contributed by atoms with Gasteiger partial charge in [0.2, 0.25) is 0 Å². The summed E-state index contributed by atoms with van der Waals surface area (Å²) >= 11 is 0. The molecule has 0 aromatic carbocycles. The van der Waals surface area contributed by atoms with E-state index in [-0.39, 0.29) is 18.0 Å². The Labute approximate surface area is 203 Å². The van der Waals surface area contributed by atoms with Crippen LogP contribution in [0.15, 0.2) is 36.1 Å². The highest BCUT2D eigenvalue weighted by atomic mass is 16.4. The summed E-state index contributed by atoms with van der Waals surface area (Å²) in [5.74, 6) is -2.27. The van der Waals surface area contributed by atoms with Crippen LogP contribution in [0.2, 0.25) is 0 Å². The molecule has 0 radical (unpaired) electrons. The van der Waals surface area contributed by atoms with Crippen LogP contribution in [0.4, 0.5) is 0 Å². The highest BCUT2D eigenvalue weighted by Gasteiger charge is 2.17. The lowest BCUT2D eigenvalue weighted by Gasteiger charge is -2.14. The van der Waals surface area contributed by atoms with Gasteiger partial charge in [-0.3, -0.25) is 19.2 Å². The molecule has 0 fully saturated rings. The Morgan fingerprint density at radius 3 is 2.29 bits per heavy atom. The van der Waals surface area contributed by atoms with Gasteiger partial charge in [0.25, 0.3) is 0 Å². The number of hydrogen-bond donors (Lipinski definition) is 4. The van der Waals surface area contributed by atoms with Gasteiger partial charge in [-0.1, -0.05) is 38.0 Å². The van der Waals surface area contributed by atoms with E-state index in [1.807, 2.05) is 12.2 Å². The largest absolute Gasteiger partial charge is 0.481 e. The Bertz CT molecular complexity index is 727. The molecular formula is C26H42N2O6. The van der Waals surface area contributed by atoms with Gasteiger partial charge in [-0.15, -0.1) is 0 Å². The van der Waals surface area contributed by atoms with Crippen LogP contribution in [0.3, 0.4) is 0 Å². The van der Waals surface area contributed by atoms with Crippen molar-refractivity contribution in [1.82, 2.24) is 5.32 Å². The molecule has 0 bridgehead atoms. The van der Waals surface area contributed by atoms with Gasteiger partial charge in [0.15, 0.2) is 5.78 Å². The highest BCUT2D eigenvalue weighted by molar-refractivity contribution is 5.90. The number of carbonyl (C=O) groups excluding carboxylic acids is 2. The average Bonchev–Trinajstić information content (AvgIpc) is 2.77. The summed E-state index contributed by atoms with van der Waals surface area (Å²) in [6, 6.07) is -0.864. The predicted octanol–water partition coefficient (Wildman–Crippen LogP) is 4.15. The van der Waals surface area contributed by atoms with Crippen molar-refractivity contribution in [3.8, 4) is 0 Å². The number of Topliss-reactive ketones (excluding diaryl/α,β-unsaturated/α-hetero) is 1. The van der Waals surface area contributed by atoms with Gasteiger partial charge in [-0.05, 0) is 63.5 Å². The van der Waals surface area contributed by atoms with Gasteiger partial charge >= 0.3 is 11.9 Å². The highest BCUT2D eigenvalue weighted by Crippen LogP contribution is 2.19. The van der Waals surface area contributed by atoms with E-state index >= 15 is 0 Å². The Morgan fingerprint density at radius 1 is 0.941 bits per heavy atom. The number of ketones is 2. The zero-order chi connectivity index (χ0) is 25.8. The van der Waals surface area contributed by atoms with E-state index in [1.54, 1.807) is 12.3 Å². The molecule has 0 aliphatic carbocycles. The van der Waals surface area contributed by atoms with Gasteiger partial charge < -0.3 is 21.3 Å². The van der Waals surface area contributed by atoms with Crippen molar-refractivity contribution in [2.24, 2.45) is 11.7 Å². The number of carbonyl (C=O) groups is 4. The Hall–Kier alpha value is -2.74. The summed E-state index contributed by atoms with van der Waals surface area (Å²) in [7, 11) is 0. The molecule has 0 heterocycles. The first kappa shape index (κ1) is 31.3. The van der Waals surface area contributed by atoms with E-state index in [0.717, 1.165) is 25.7 Å². The fourth-order valence-electron chi connectivity index (χ4n) is 3.25. The topological polar surface area (TPSA) is 147 Å². The van der Waals surface area contributed by atoms with Gasteiger partial charge in [-0.25, -0.2) is 0 Å². The lowest BCUT2D eigenvalue weighted by Crippen LogP contribution is -2.29. The molecular weight excluding hydrogens is 436 g/mol. The van der Waals surface area contributed by atoms with Crippen LogP contribution < -0.4 is 11.1 Å². The number of rotatable bonds is 21. The molecule has 2 atom stereocenters. The zero-order valence-corrected chi connectivity index (χ0v) is 20.6. The molecule has 0 saturated heterocycles. The van der Waals surface area contributed by atoms with E-state index in [9.17, 15) is 19.2 Å². The fraction of sp³-hybridized carbons (Fsp3) is 0.615. The van der Waals surface area contributed by atoms with E-state index in [4.69, 9.17) is 15.9 Å². The molecule has 8 heteroatoms. The van der Waals surface area contributed by atoms with E-state index in [0.29, 0.717) is 50.6 Å². The van der Waals surface area contributed by atoms with Crippen LogP contribution in [0.25, 0.3) is 0 Å². The molecule has 0 aliphatic rings. The van der Waals surface area contributed by atoms with Gasteiger partial charge in [0.05, 0.1) is 0 Å². The Kier molecular flexibility index (Phi) is 18.1. The van der Waals surface area contributed by atoms with Crippen LogP contribution >= 0.6 is 0 Å². The maximum atomic E-state index is 12.4. The van der Waals surface area contributed by atoms with Crippen molar-refractivity contribution in [1.29, 1.82) is 0 Å². The second-order valence-electron chi connectivity index (χ2n) is 8.45. The molecule has 0 amide bonds. The normalized spacial score (nSPS) is 13.8. The summed E-state index contributed by atoms with van der Waals surface area (Å²) < 4.78 is 0. The first-order valence-electron chi connectivity index (χ1n) is 12.2. The lowest BCUT2D eigenvalue weighted by atomic mass is 9.91. The van der Waals surface area contributed by atoms with Crippen LogP contribution in [-0.2, 0) is 19.2 Å². The minimum absolute atomic E-state index is 0.0218. The first-order valence-corrected chi connectivity index (χ1v) is 12.2. The van der Waals surface area contributed by atoms with Gasteiger partial charge in [-0.2, -0.15) is 0 Å². The minimum atomic E-state index is -1.01. The zero-order valence-electron chi connectivity index (χ0n) is 20.6. The van der Waals surface area contributed by atoms with Crippen LogP contribution in [0.5, 0.6) is 0 Å². The second-order valence-corrected chi connectivity index (χ2v) is 8.45. The van der Waals surface area contributed by atoms with E-state index in [2.05, 4.69) is 12.2 Å². The molecule has 0 aromatic rings. The summed E-state index contributed by atoms with van der Waals surface area (Å²) in [5.41, 5.74) is 6.21. The van der Waals surface area contributed by atoms with Crippen molar-refractivity contribution >= 4 is 23.5 Å². The number of unbranched alkanes of at least 4 members (excludes halogenated alkanes) is 4. The van der Waals surface area contributed by atoms with Crippen molar-refractivity contribution in [2.75, 3.05) is 6.54 Å². The van der Waals surface area contributed by atoms with E-state index in [1.165, 1.54) is 13.0 Å². The van der Waals surface area contributed by atoms with Gasteiger partial charge in [0.1, 0.15) is 11.8 Å². The predicted molar refractivity (Wildman–Crippen MR) is 133 cm³/mol. The third-order valence-electron chi connectivity index (χ3n) is 5.35. The molecule has 192 valence electrons. The fourth-order valence-corrected chi connectivity index (χ4v) is 3.25. The Morgan fingerprint density at radius 2 is 1.68 bits per heavy atom. The van der Waals surface area contributed by atoms with Gasteiger partial charge in [0, 0.05) is 31.5 Å². The molecule has 0 spiro atoms. The summed E-state index contributed by atoms with van der Waals surface area (Å²) in [5, 5.41) is 20.7. The number of carboxylic acid groups (broad SMARTS) is 2. The third kappa shape index (κ3) is 16.8. The molecule has 2 unspecified atom stereocenters. The molecule has 0 aliphatic heterocycles. The summed E-state index contributed by atoms with van der Waals surface area (Å²) in [4.78, 5) is 45.9. The lowest BCUT2D eigenvalue weighted by molar-refractivity contribution is -0.139. The SMILES string of the molecule is CCCCCC(=O)/C=C/C(=C\NCCCCC(N)C(=O)O)C(C/C=C\CCCC(=O)O)C(C)=O. The molecule has 34 heavy (non-hydrogen) atoms. The number of carboxylic acids is 2. The maximum absolute atomic E-state index is 12.4. The maximum Gasteiger partial charge on any atom is 0.320 e. The molecule has 0 rings (SSSR count). The van der Waals surface area contributed by atoms with Crippen LogP contribution in [0, 0.1) is 5.92 Å². The summed E-state index contributed by atoms with van der Waals surface area (Å²) in [6.45, 7) is 4.18. The van der Waals surface area contributed by atoms with Crippen LogP contribution in [0.1, 0.15) is 84.5 Å². The van der Waals surface area contributed by atoms with Crippen molar-refractivity contribution < 1.29 is 29.4 Å². The standard InChI is InChI=1S/C26H42N2O6/c1-3-4-7-12-22(30)17-16-21(19-28-18-11-10-14-24(27)26(33)34)23(20(2)29)13-8-5-6-9-15-25(31)32/h5,8,16-17,19,23-24,28H,3-4,6-7,9-15,18,27H2,1-2H3,(H,31,32)(H,33,34)/b8-5-,17-16+,21-19+. The van der Waals surface area contributed by atoms with Crippen molar-refractivity contribution in [3.63, 3.8) is 0 Å². The smallest absolute Gasteiger partial charge is 0.320 e. The second kappa shape index (κ2) is 19.7. The number of hydrogen-bond acceptors (Lipinski definition) is 6. The number of allylic oxidation sites excluding steroid dienone is 5. The minimum Gasteiger partial charge on any atom is -0.481 e.